The maximum atomic E-state index is 13.1. The molecule has 26 heavy (non-hydrogen) atoms. The van der Waals surface area contributed by atoms with Crippen molar-refractivity contribution in [2.24, 2.45) is 5.92 Å². The lowest BCUT2D eigenvalue weighted by Gasteiger charge is -2.28. The van der Waals surface area contributed by atoms with Crippen LogP contribution in [0.2, 0.25) is 0 Å². The van der Waals surface area contributed by atoms with Gasteiger partial charge in [-0.25, -0.2) is 4.79 Å². The van der Waals surface area contributed by atoms with Gasteiger partial charge >= 0.3 is 16.2 Å². The molecule has 0 radical (unpaired) electrons. The lowest BCUT2D eigenvalue weighted by Crippen LogP contribution is -2.42. The number of ether oxygens (including phenoxy) is 1. The number of para-hydroxylation sites is 1. The Kier molecular flexibility index (Phi) is 6.14. The summed E-state index contributed by atoms with van der Waals surface area (Å²) in [5, 5.41) is 7.70. The van der Waals surface area contributed by atoms with Gasteiger partial charge in [0.2, 0.25) is 0 Å². The summed E-state index contributed by atoms with van der Waals surface area (Å²) < 4.78 is 33.2. The number of rotatable bonds is 7. The highest BCUT2D eigenvalue weighted by Gasteiger charge is 2.31. The Morgan fingerprint density at radius 1 is 1.35 bits per heavy atom. The first-order valence-corrected chi connectivity index (χ1v) is 9.74. The standard InChI is InChI=1S/C17H24N4O4S/c1-6-25-17(22)13(4)11-16(12(2)3)20(5)26(23,24)21-15-10-8-7-9-14(15)18-19-21/h7-12,16H,6H2,1-5H3/b13-11+/t16-/m1/s1. The summed E-state index contributed by atoms with van der Waals surface area (Å²) in [6.45, 7) is 7.35. The Balaban J connectivity index is 2.43. The highest BCUT2D eigenvalue weighted by molar-refractivity contribution is 7.87. The molecule has 142 valence electrons. The summed E-state index contributed by atoms with van der Waals surface area (Å²) in [4.78, 5) is 11.9. The molecule has 0 aliphatic carbocycles. The predicted octanol–water partition coefficient (Wildman–Crippen LogP) is 1.99. The van der Waals surface area contributed by atoms with Crippen LogP contribution in [0, 0.1) is 5.92 Å². The van der Waals surface area contributed by atoms with E-state index in [2.05, 4.69) is 10.3 Å². The zero-order valence-electron chi connectivity index (χ0n) is 15.6. The van der Waals surface area contributed by atoms with Gasteiger partial charge in [-0.15, -0.1) is 9.19 Å². The molecule has 1 atom stereocenters. The number of aromatic nitrogens is 3. The van der Waals surface area contributed by atoms with Crippen LogP contribution in [0.15, 0.2) is 35.9 Å². The second kappa shape index (κ2) is 7.96. The summed E-state index contributed by atoms with van der Waals surface area (Å²) in [5.41, 5.74) is 1.24. The topological polar surface area (TPSA) is 94.4 Å². The molecule has 2 aromatic rings. The Hall–Kier alpha value is -2.26. The maximum Gasteiger partial charge on any atom is 0.333 e. The van der Waals surface area contributed by atoms with Crippen molar-refractivity contribution in [2.75, 3.05) is 13.7 Å². The minimum absolute atomic E-state index is 0.0751. The third-order valence-corrected chi connectivity index (χ3v) is 5.70. The summed E-state index contributed by atoms with van der Waals surface area (Å²) >= 11 is 0. The summed E-state index contributed by atoms with van der Waals surface area (Å²) in [7, 11) is -2.51. The van der Waals surface area contributed by atoms with Crippen molar-refractivity contribution in [1.29, 1.82) is 0 Å². The lowest BCUT2D eigenvalue weighted by atomic mass is 10.0. The third kappa shape index (κ3) is 3.94. The number of hydrogen-bond acceptors (Lipinski definition) is 6. The molecule has 0 amide bonds. The molecule has 0 fully saturated rings. The van der Waals surface area contributed by atoms with Gasteiger partial charge in [-0.1, -0.05) is 32.1 Å². The van der Waals surface area contributed by atoms with Crippen molar-refractivity contribution in [3.05, 3.63) is 35.9 Å². The van der Waals surface area contributed by atoms with E-state index in [0.29, 0.717) is 16.6 Å². The van der Waals surface area contributed by atoms with Gasteiger partial charge in [0.1, 0.15) is 11.0 Å². The molecule has 9 heteroatoms. The molecule has 0 unspecified atom stereocenters. The average molecular weight is 380 g/mol. The first-order chi connectivity index (χ1) is 12.2. The summed E-state index contributed by atoms with van der Waals surface area (Å²) in [6.07, 6.45) is 1.61. The molecule has 0 aliphatic heterocycles. The zero-order valence-corrected chi connectivity index (χ0v) is 16.4. The van der Waals surface area contributed by atoms with Gasteiger partial charge in [0.15, 0.2) is 0 Å². The fourth-order valence-corrected chi connectivity index (χ4v) is 3.97. The summed E-state index contributed by atoms with van der Waals surface area (Å²) in [6, 6.07) is 6.28. The Morgan fingerprint density at radius 3 is 2.62 bits per heavy atom. The van der Waals surface area contributed by atoms with Gasteiger partial charge in [-0.2, -0.15) is 12.7 Å². The first kappa shape index (κ1) is 20.1. The van der Waals surface area contributed by atoms with Crippen LogP contribution in [-0.2, 0) is 19.7 Å². The van der Waals surface area contributed by atoms with E-state index in [1.165, 1.54) is 11.4 Å². The van der Waals surface area contributed by atoms with E-state index >= 15 is 0 Å². The van der Waals surface area contributed by atoms with Crippen molar-refractivity contribution >= 4 is 27.2 Å². The molecule has 0 aliphatic rings. The minimum Gasteiger partial charge on any atom is -0.463 e. The summed E-state index contributed by atoms with van der Waals surface area (Å²) in [5.74, 6) is -0.538. The zero-order chi connectivity index (χ0) is 19.5. The van der Waals surface area contributed by atoms with E-state index in [4.69, 9.17) is 4.74 Å². The van der Waals surface area contributed by atoms with Gasteiger partial charge in [0.05, 0.1) is 6.61 Å². The van der Waals surface area contributed by atoms with Crippen molar-refractivity contribution < 1.29 is 17.9 Å². The van der Waals surface area contributed by atoms with E-state index in [1.807, 2.05) is 13.8 Å². The fourth-order valence-electron chi connectivity index (χ4n) is 2.58. The molecule has 0 saturated carbocycles. The molecule has 8 nitrogen and oxygen atoms in total. The number of hydrogen-bond donors (Lipinski definition) is 0. The van der Waals surface area contributed by atoms with Crippen LogP contribution in [0.4, 0.5) is 0 Å². The second-order valence-electron chi connectivity index (χ2n) is 6.25. The average Bonchev–Trinajstić information content (AvgIpc) is 3.03. The van der Waals surface area contributed by atoms with Gasteiger partial charge in [0, 0.05) is 18.7 Å². The van der Waals surface area contributed by atoms with E-state index in [9.17, 15) is 13.2 Å². The number of nitrogens with zero attached hydrogens (tertiary/aromatic N) is 4. The monoisotopic (exact) mass is 380 g/mol. The lowest BCUT2D eigenvalue weighted by molar-refractivity contribution is -0.138. The van der Waals surface area contributed by atoms with Crippen LogP contribution in [0.25, 0.3) is 11.0 Å². The highest BCUT2D eigenvalue weighted by atomic mass is 32.2. The van der Waals surface area contributed by atoms with E-state index < -0.39 is 22.2 Å². The van der Waals surface area contributed by atoms with Crippen LogP contribution in [0.3, 0.4) is 0 Å². The largest absolute Gasteiger partial charge is 0.463 e. The molecule has 0 bridgehead atoms. The minimum atomic E-state index is -3.97. The molecule has 1 aromatic carbocycles. The van der Waals surface area contributed by atoms with Crippen molar-refractivity contribution in [3.8, 4) is 0 Å². The van der Waals surface area contributed by atoms with Crippen molar-refractivity contribution in [1.82, 2.24) is 18.7 Å². The van der Waals surface area contributed by atoms with Gasteiger partial charge < -0.3 is 4.74 Å². The smallest absolute Gasteiger partial charge is 0.333 e. The highest BCUT2D eigenvalue weighted by Crippen LogP contribution is 2.20. The Labute approximate surface area is 153 Å². The number of benzene rings is 1. The number of carbonyl (C=O) groups is 1. The van der Waals surface area contributed by atoms with Gasteiger partial charge in [0.25, 0.3) is 0 Å². The molecular formula is C17H24N4O4S. The molecule has 0 spiro atoms. The van der Waals surface area contributed by atoms with Gasteiger partial charge in [-0.05, 0) is 37.1 Å². The van der Waals surface area contributed by atoms with E-state index in [1.54, 1.807) is 44.2 Å². The second-order valence-corrected chi connectivity index (χ2v) is 8.07. The molecule has 0 N–H and O–H groups in total. The predicted molar refractivity (Wildman–Crippen MR) is 98.6 cm³/mol. The normalized spacial score (nSPS) is 14.2. The number of esters is 1. The number of carbonyl (C=O) groups excluding carboxylic acids is 1. The SMILES string of the molecule is CCOC(=O)/C(C)=C/[C@H](C(C)C)N(C)S(=O)(=O)n1nnc2ccccc21. The quantitative estimate of drug-likeness (QED) is 0.539. The Bertz CT molecular complexity index is 918. The van der Waals surface area contributed by atoms with Crippen LogP contribution < -0.4 is 0 Å². The number of likely N-dealkylation sites (N-methyl/N-ethyl adjacent to an activating group) is 1. The number of fused-ring (bicyclic) bond motifs is 1. The molecule has 0 saturated heterocycles. The third-order valence-electron chi connectivity index (χ3n) is 4.03. The van der Waals surface area contributed by atoms with E-state index in [0.717, 1.165) is 4.09 Å². The maximum absolute atomic E-state index is 13.1. The molecule has 1 heterocycles. The van der Waals surface area contributed by atoms with Crippen molar-refractivity contribution in [3.63, 3.8) is 0 Å². The van der Waals surface area contributed by atoms with Crippen LogP contribution in [0.1, 0.15) is 27.7 Å². The van der Waals surface area contributed by atoms with Gasteiger partial charge in [-0.3, -0.25) is 0 Å². The molecular weight excluding hydrogens is 356 g/mol. The fraction of sp³-hybridized carbons (Fsp3) is 0.471. The van der Waals surface area contributed by atoms with Crippen LogP contribution in [-0.4, -0.2) is 52.8 Å². The van der Waals surface area contributed by atoms with E-state index in [-0.39, 0.29) is 12.5 Å². The van der Waals surface area contributed by atoms with Crippen molar-refractivity contribution in [2.45, 2.75) is 33.7 Å². The molecule has 1 aromatic heterocycles. The van der Waals surface area contributed by atoms with Crippen LogP contribution >= 0.6 is 0 Å². The Morgan fingerprint density at radius 2 is 2.00 bits per heavy atom. The first-order valence-electron chi connectivity index (χ1n) is 8.34. The van der Waals surface area contributed by atoms with Crippen LogP contribution in [0.5, 0.6) is 0 Å². The molecule has 2 rings (SSSR count).